The Morgan fingerprint density at radius 3 is 2.75 bits per heavy atom. The van der Waals surface area contributed by atoms with Crippen LogP contribution in [0.25, 0.3) is 0 Å². The number of ether oxygens (including phenoxy) is 1. The van der Waals surface area contributed by atoms with Crippen molar-refractivity contribution in [2.45, 2.75) is 44.9 Å². The lowest BCUT2D eigenvalue weighted by atomic mass is 9.65. The minimum atomic E-state index is 0.514. The normalized spacial score (nSPS) is 19.6. The van der Waals surface area contributed by atoms with Gasteiger partial charge in [0.15, 0.2) is 0 Å². The van der Waals surface area contributed by atoms with Crippen LogP contribution in [-0.4, -0.2) is 26.8 Å². The van der Waals surface area contributed by atoms with E-state index in [9.17, 15) is 0 Å². The number of fused-ring (bicyclic) bond motifs is 1. The maximum absolute atomic E-state index is 5.11. The summed E-state index contributed by atoms with van der Waals surface area (Å²) in [4.78, 5) is 0. The third-order valence-electron chi connectivity index (χ3n) is 5.14. The van der Waals surface area contributed by atoms with Crippen molar-refractivity contribution < 1.29 is 4.74 Å². The molecule has 2 heteroatoms. The third-order valence-corrected chi connectivity index (χ3v) is 5.14. The molecule has 2 nitrogen and oxygen atoms in total. The number of benzene rings is 1. The number of aryl methyl sites for hydroxylation is 2. The summed E-state index contributed by atoms with van der Waals surface area (Å²) >= 11 is 0. The average molecular weight is 273 g/mol. The molecule has 1 aromatic rings. The smallest absolute Gasteiger partial charge is 0.0587 e. The lowest BCUT2D eigenvalue weighted by molar-refractivity contribution is 0.123. The van der Waals surface area contributed by atoms with Gasteiger partial charge in [0.2, 0.25) is 0 Å². The highest BCUT2D eigenvalue weighted by molar-refractivity contribution is 5.35. The zero-order chi connectivity index (χ0) is 13.8. The monoisotopic (exact) mass is 273 g/mol. The van der Waals surface area contributed by atoms with Crippen molar-refractivity contribution in [1.29, 1.82) is 0 Å². The maximum atomic E-state index is 5.11. The largest absolute Gasteiger partial charge is 0.383 e. The van der Waals surface area contributed by atoms with E-state index in [4.69, 9.17) is 4.74 Å². The standard InChI is InChI=1S/C18H27NO/c1-20-11-10-19-14-18(8-3-9-18)13-15-6-7-16-4-2-5-17(16)12-15/h6-7,12,19H,2-5,8-11,13-14H2,1H3. The Kier molecular flexibility index (Phi) is 4.42. The first-order valence-corrected chi connectivity index (χ1v) is 8.12. The van der Waals surface area contributed by atoms with Crippen LogP contribution in [-0.2, 0) is 24.0 Å². The Bertz CT molecular complexity index is 451. The highest BCUT2D eigenvalue weighted by atomic mass is 16.5. The first-order valence-electron chi connectivity index (χ1n) is 8.12. The van der Waals surface area contributed by atoms with Crippen molar-refractivity contribution in [3.05, 3.63) is 34.9 Å². The van der Waals surface area contributed by atoms with E-state index in [-0.39, 0.29) is 0 Å². The average Bonchev–Trinajstić information content (AvgIpc) is 2.88. The van der Waals surface area contributed by atoms with Gasteiger partial charge in [-0.15, -0.1) is 0 Å². The van der Waals surface area contributed by atoms with Crippen LogP contribution in [0.5, 0.6) is 0 Å². The first kappa shape index (κ1) is 14.1. The van der Waals surface area contributed by atoms with Crippen LogP contribution in [0.15, 0.2) is 18.2 Å². The Labute approximate surface area is 122 Å². The summed E-state index contributed by atoms with van der Waals surface area (Å²) in [5.74, 6) is 0. The molecule has 0 radical (unpaired) electrons. The van der Waals surface area contributed by atoms with Gasteiger partial charge < -0.3 is 10.1 Å². The summed E-state index contributed by atoms with van der Waals surface area (Å²) in [7, 11) is 1.77. The Morgan fingerprint density at radius 1 is 1.15 bits per heavy atom. The topological polar surface area (TPSA) is 21.3 Å². The molecule has 110 valence electrons. The first-order chi connectivity index (χ1) is 9.81. The van der Waals surface area contributed by atoms with Gasteiger partial charge in [0.1, 0.15) is 0 Å². The molecule has 0 bridgehead atoms. The van der Waals surface area contributed by atoms with Crippen LogP contribution in [0.1, 0.15) is 42.4 Å². The highest BCUT2D eigenvalue weighted by Crippen LogP contribution is 2.43. The molecule has 0 spiro atoms. The van der Waals surface area contributed by atoms with Crippen molar-refractivity contribution in [2.24, 2.45) is 5.41 Å². The van der Waals surface area contributed by atoms with Crippen molar-refractivity contribution in [3.63, 3.8) is 0 Å². The number of rotatable bonds is 7. The van der Waals surface area contributed by atoms with Gasteiger partial charge in [0.05, 0.1) is 6.61 Å². The van der Waals surface area contributed by atoms with Gasteiger partial charge in [-0.3, -0.25) is 0 Å². The van der Waals surface area contributed by atoms with Gasteiger partial charge in [0.25, 0.3) is 0 Å². The quantitative estimate of drug-likeness (QED) is 0.771. The summed E-state index contributed by atoms with van der Waals surface area (Å²) in [6.45, 7) is 2.94. The Hall–Kier alpha value is -0.860. The third kappa shape index (κ3) is 3.07. The Morgan fingerprint density at radius 2 is 2.00 bits per heavy atom. The van der Waals surface area contributed by atoms with Crippen LogP contribution in [0.4, 0.5) is 0 Å². The molecule has 1 fully saturated rings. The molecule has 0 aromatic heterocycles. The Balaban J connectivity index is 1.59. The second-order valence-electron chi connectivity index (χ2n) is 6.66. The molecular weight excluding hydrogens is 246 g/mol. The van der Waals surface area contributed by atoms with E-state index in [1.807, 2.05) is 0 Å². The highest BCUT2D eigenvalue weighted by Gasteiger charge is 2.36. The van der Waals surface area contributed by atoms with E-state index in [1.165, 1.54) is 44.9 Å². The minimum absolute atomic E-state index is 0.514. The molecule has 1 aromatic carbocycles. The van der Waals surface area contributed by atoms with Crippen molar-refractivity contribution >= 4 is 0 Å². The van der Waals surface area contributed by atoms with E-state index in [0.717, 1.165) is 19.7 Å². The molecule has 2 aliphatic carbocycles. The number of hydrogen-bond donors (Lipinski definition) is 1. The van der Waals surface area contributed by atoms with Crippen LogP contribution < -0.4 is 5.32 Å². The molecule has 0 unspecified atom stereocenters. The van der Waals surface area contributed by atoms with Crippen LogP contribution in [0.3, 0.4) is 0 Å². The summed E-state index contributed by atoms with van der Waals surface area (Å²) in [6.07, 6.45) is 9.34. The lowest BCUT2D eigenvalue weighted by Crippen LogP contribution is -2.42. The number of hydrogen-bond acceptors (Lipinski definition) is 2. The summed E-state index contributed by atoms with van der Waals surface area (Å²) in [6, 6.07) is 7.24. The molecule has 0 aliphatic heterocycles. The van der Waals surface area contributed by atoms with E-state index < -0.39 is 0 Å². The van der Waals surface area contributed by atoms with E-state index >= 15 is 0 Å². The molecule has 0 amide bonds. The number of methoxy groups -OCH3 is 1. The summed E-state index contributed by atoms with van der Waals surface area (Å²) < 4.78 is 5.11. The number of nitrogens with one attached hydrogen (secondary N) is 1. The van der Waals surface area contributed by atoms with Crippen molar-refractivity contribution in [1.82, 2.24) is 5.32 Å². The molecule has 0 saturated heterocycles. The lowest BCUT2D eigenvalue weighted by Gasteiger charge is -2.42. The van der Waals surface area contributed by atoms with Crippen LogP contribution >= 0.6 is 0 Å². The van der Waals surface area contributed by atoms with Gasteiger partial charge in [-0.25, -0.2) is 0 Å². The zero-order valence-electron chi connectivity index (χ0n) is 12.7. The second-order valence-corrected chi connectivity index (χ2v) is 6.66. The molecule has 2 aliphatic rings. The van der Waals surface area contributed by atoms with Gasteiger partial charge in [0, 0.05) is 20.2 Å². The predicted octanol–water partition coefficient (Wildman–Crippen LogP) is 3.12. The SMILES string of the molecule is COCCNCC1(Cc2ccc3c(c2)CCC3)CCC1. The van der Waals surface area contributed by atoms with Gasteiger partial charge in [-0.05, 0) is 60.6 Å². The summed E-state index contributed by atoms with van der Waals surface area (Å²) in [5, 5.41) is 3.58. The molecule has 1 saturated carbocycles. The molecule has 0 atom stereocenters. The zero-order valence-corrected chi connectivity index (χ0v) is 12.7. The van der Waals surface area contributed by atoms with Gasteiger partial charge in [-0.2, -0.15) is 0 Å². The molecule has 20 heavy (non-hydrogen) atoms. The predicted molar refractivity (Wildman–Crippen MR) is 83.2 cm³/mol. The van der Waals surface area contributed by atoms with Crippen molar-refractivity contribution in [2.75, 3.05) is 26.8 Å². The van der Waals surface area contributed by atoms with Crippen LogP contribution in [0.2, 0.25) is 0 Å². The molecule has 1 N–H and O–H groups in total. The fourth-order valence-corrected chi connectivity index (χ4v) is 3.79. The molecular formula is C18H27NO. The fourth-order valence-electron chi connectivity index (χ4n) is 3.79. The van der Waals surface area contributed by atoms with E-state index in [0.29, 0.717) is 5.41 Å². The minimum Gasteiger partial charge on any atom is -0.383 e. The van der Waals surface area contributed by atoms with E-state index in [2.05, 4.69) is 23.5 Å². The van der Waals surface area contributed by atoms with Gasteiger partial charge >= 0.3 is 0 Å². The second kappa shape index (κ2) is 6.28. The molecule has 3 rings (SSSR count). The summed E-state index contributed by atoms with van der Waals surface area (Å²) in [5.41, 5.74) is 5.28. The maximum Gasteiger partial charge on any atom is 0.0587 e. The fraction of sp³-hybridized carbons (Fsp3) is 0.667. The van der Waals surface area contributed by atoms with Gasteiger partial charge in [-0.1, -0.05) is 24.6 Å². The van der Waals surface area contributed by atoms with Crippen molar-refractivity contribution in [3.8, 4) is 0 Å². The molecule has 0 heterocycles. The van der Waals surface area contributed by atoms with E-state index in [1.54, 1.807) is 23.8 Å². The van der Waals surface area contributed by atoms with Crippen LogP contribution in [0, 0.1) is 5.41 Å².